The van der Waals surface area contributed by atoms with Crippen LogP contribution in [0, 0.1) is 6.92 Å². The molecule has 0 aromatic heterocycles. The highest BCUT2D eigenvalue weighted by molar-refractivity contribution is 9.10. The second-order valence-electron chi connectivity index (χ2n) is 5.05. The van der Waals surface area contributed by atoms with E-state index in [-0.39, 0.29) is 6.04 Å². The van der Waals surface area contributed by atoms with Crippen LogP contribution >= 0.6 is 15.9 Å². The first kappa shape index (κ1) is 15.1. The lowest BCUT2D eigenvalue weighted by molar-refractivity contribution is 0.297. The standard InChI is InChI=1S/C17H20BrNO/c1-13-4-2-5-14(10-13)11-16(19)8-9-20-17-7-3-6-15(18)12-17/h2-7,10,12,16H,8-9,11,19H2,1H3. The van der Waals surface area contributed by atoms with Crippen molar-refractivity contribution in [3.05, 3.63) is 64.1 Å². The molecule has 0 aliphatic heterocycles. The van der Waals surface area contributed by atoms with E-state index >= 15 is 0 Å². The van der Waals surface area contributed by atoms with Gasteiger partial charge in [0.2, 0.25) is 0 Å². The summed E-state index contributed by atoms with van der Waals surface area (Å²) in [7, 11) is 0. The van der Waals surface area contributed by atoms with Gasteiger partial charge in [-0.15, -0.1) is 0 Å². The van der Waals surface area contributed by atoms with Gasteiger partial charge in [-0.2, -0.15) is 0 Å². The van der Waals surface area contributed by atoms with Crippen molar-refractivity contribution in [1.29, 1.82) is 0 Å². The molecule has 2 nitrogen and oxygen atoms in total. The van der Waals surface area contributed by atoms with Crippen LogP contribution in [0.25, 0.3) is 0 Å². The lowest BCUT2D eigenvalue weighted by Gasteiger charge is -2.13. The van der Waals surface area contributed by atoms with Gasteiger partial charge in [0.1, 0.15) is 5.75 Å². The molecule has 2 aromatic carbocycles. The average Bonchev–Trinajstić information content (AvgIpc) is 2.38. The van der Waals surface area contributed by atoms with E-state index in [1.54, 1.807) is 0 Å². The number of ether oxygens (including phenoxy) is 1. The van der Waals surface area contributed by atoms with E-state index < -0.39 is 0 Å². The molecule has 0 bridgehead atoms. The summed E-state index contributed by atoms with van der Waals surface area (Å²) in [6.45, 7) is 2.74. The fourth-order valence-corrected chi connectivity index (χ4v) is 2.51. The summed E-state index contributed by atoms with van der Waals surface area (Å²) in [5.41, 5.74) is 8.73. The van der Waals surface area contributed by atoms with Crippen LogP contribution in [0.3, 0.4) is 0 Å². The Morgan fingerprint density at radius 2 is 1.95 bits per heavy atom. The molecule has 0 fully saturated rings. The van der Waals surface area contributed by atoms with Crippen LogP contribution in [0.1, 0.15) is 17.5 Å². The molecule has 1 unspecified atom stereocenters. The van der Waals surface area contributed by atoms with E-state index in [9.17, 15) is 0 Å². The highest BCUT2D eigenvalue weighted by Gasteiger charge is 2.05. The van der Waals surface area contributed by atoms with E-state index in [2.05, 4.69) is 47.1 Å². The molecule has 0 saturated heterocycles. The molecule has 2 aromatic rings. The minimum absolute atomic E-state index is 0.129. The lowest BCUT2D eigenvalue weighted by Crippen LogP contribution is -2.25. The zero-order valence-corrected chi connectivity index (χ0v) is 13.3. The van der Waals surface area contributed by atoms with Crippen molar-refractivity contribution in [3.63, 3.8) is 0 Å². The summed E-state index contributed by atoms with van der Waals surface area (Å²) in [5, 5.41) is 0. The second kappa shape index (κ2) is 7.46. The van der Waals surface area contributed by atoms with E-state index in [0.29, 0.717) is 6.61 Å². The lowest BCUT2D eigenvalue weighted by atomic mass is 10.0. The molecular formula is C17H20BrNO. The molecule has 0 radical (unpaired) electrons. The van der Waals surface area contributed by atoms with Crippen molar-refractivity contribution in [2.45, 2.75) is 25.8 Å². The minimum atomic E-state index is 0.129. The van der Waals surface area contributed by atoms with Crippen molar-refractivity contribution >= 4 is 15.9 Å². The Morgan fingerprint density at radius 1 is 1.15 bits per heavy atom. The van der Waals surface area contributed by atoms with Gasteiger partial charge in [0.25, 0.3) is 0 Å². The van der Waals surface area contributed by atoms with Gasteiger partial charge in [0.05, 0.1) is 6.61 Å². The van der Waals surface area contributed by atoms with Crippen LogP contribution in [0.5, 0.6) is 5.75 Å². The number of benzene rings is 2. The summed E-state index contributed by atoms with van der Waals surface area (Å²) in [6, 6.07) is 16.5. The second-order valence-corrected chi connectivity index (χ2v) is 5.96. The number of hydrogen-bond acceptors (Lipinski definition) is 2. The van der Waals surface area contributed by atoms with E-state index in [4.69, 9.17) is 10.5 Å². The topological polar surface area (TPSA) is 35.2 Å². The minimum Gasteiger partial charge on any atom is -0.493 e. The highest BCUT2D eigenvalue weighted by atomic mass is 79.9. The Balaban J connectivity index is 1.76. The maximum atomic E-state index is 6.16. The molecule has 106 valence electrons. The maximum Gasteiger partial charge on any atom is 0.120 e. The van der Waals surface area contributed by atoms with Gasteiger partial charge in [0.15, 0.2) is 0 Å². The third kappa shape index (κ3) is 4.99. The number of hydrogen-bond donors (Lipinski definition) is 1. The fraction of sp³-hybridized carbons (Fsp3) is 0.294. The van der Waals surface area contributed by atoms with Gasteiger partial charge < -0.3 is 10.5 Å². The van der Waals surface area contributed by atoms with Gasteiger partial charge in [-0.25, -0.2) is 0 Å². The van der Waals surface area contributed by atoms with Crippen molar-refractivity contribution in [1.82, 2.24) is 0 Å². The van der Waals surface area contributed by atoms with Crippen LogP contribution in [0.2, 0.25) is 0 Å². The summed E-state index contributed by atoms with van der Waals surface area (Å²) in [6.07, 6.45) is 1.74. The molecule has 2 N–H and O–H groups in total. The Bertz CT molecular complexity index is 556. The summed E-state index contributed by atoms with van der Waals surface area (Å²) in [4.78, 5) is 0. The predicted octanol–water partition coefficient (Wildman–Crippen LogP) is 4.10. The normalized spacial score (nSPS) is 12.2. The first-order chi connectivity index (χ1) is 9.63. The van der Waals surface area contributed by atoms with Gasteiger partial charge in [-0.1, -0.05) is 51.8 Å². The maximum absolute atomic E-state index is 6.16. The van der Waals surface area contributed by atoms with E-state index in [1.165, 1.54) is 11.1 Å². The first-order valence-corrected chi connectivity index (χ1v) is 7.62. The summed E-state index contributed by atoms with van der Waals surface area (Å²) < 4.78 is 6.74. The smallest absolute Gasteiger partial charge is 0.120 e. The van der Waals surface area contributed by atoms with Gasteiger partial charge in [-0.3, -0.25) is 0 Å². The molecule has 20 heavy (non-hydrogen) atoms. The van der Waals surface area contributed by atoms with Crippen molar-refractivity contribution in [3.8, 4) is 5.75 Å². The SMILES string of the molecule is Cc1cccc(CC(N)CCOc2cccc(Br)c2)c1. The number of aryl methyl sites for hydroxylation is 1. The van der Waals surface area contributed by atoms with Crippen molar-refractivity contribution in [2.24, 2.45) is 5.73 Å². The molecule has 0 heterocycles. The number of nitrogens with two attached hydrogens (primary N) is 1. The van der Waals surface area contributed by atoms with E-state index in [0.717, 1.165) is 23.1 Å². The third-order valence-corrected chi connectivity index (χ3v) is 3.63. The van der Waals surface area contributed by atoms with Crippen LogP contribution in [0.4, 0.5) is 0 Å². The molecule has 0 aliphatic rings. The molecule has 0 saturated carbocycles. The van der Waals surface area contributed by atoms with Crippen molar-refractivity contribution < 1.29 is 4.74 Å². The van der Waals surface area contributed by atoms with Crippen LogP contribution in [0.15, 0.2) is 53.0 Å². The van der Waals surface area contributed by atoms with Gasteiger partial charge in [0, 0.05) is 10.5 Å². The van der Waals surface area contributed by atoms with Crippen LogP contribution < -0.4 is 10.5 Å². The fourth-order valence-electron chi connectivity index (χ4n) is 2.13. The predicted molar refractivity (Wildman–Crippen MR) is 87.1 cm³/mol. The molecule has 0 amide bonds. The Kier molecular flexibility index (Phi) is 5.62. The summed E-state index contributed by atoms with van der Waals surface area (Å²) >= 11 is 3.43. The Labute approximate surface area is 129 Å². The Hall–Kier alpha value is -1.32. The largest absolute Gasteiger partial charge is 0.493 e. The summed E-state index contributed by atoms with van der Waals surface area (Å²) in [5.74, 6) is 0.877. The van der Waals surface area contributed by atoms with Gasteiger partial charge in [-0.05, 0) is 43.5 Å². The molecule has 0 aliphatic carbocycles. The number of rotatable bonds is 6. The zero-order valence-electron chi connectivity index (χ0n) is 11.7. The molecule has 0 spiro atoms. The molecule has 1 atom stereocenters. The third-order valence-electron chi connectivity index (χ3n) is 3.13. The zero-order chi connectivity index (χ0) is 14.4. The monoisotopic (exact) mass is 333 g/mol. The van der Waals surface area contributed by atoms with Crippen LogP contribution in [-0.2, 0) is 6.42 Å². The highest BCUT2D eigenvalue weighted by Crippen LogP contribution is 2.18. The van der Waals surface area contributed by atoms with E-state index in [1.807, 2.05) is 24.3 Å². The quantitative estimate of drug-likeness (QED) is 0.863. The molecule has 2 rings (SSSR count). The number of halogens is 1. The van der Waals surface area contributed by atoms with Gasteiger partial charge >= 0.3 is 0 Å². The Morgan fingerprint density at radius 3 is 2.70 bits per heavy atom. The van der Waals surface area contributed by atoms with Crippen LogP contribution in [-0.4, -0.2) is 12.6 Å². The molecule has 3 heteroatoms. The average molecular weight is 334 g/mol. The van der Waals surface area contributed by atoms with Crippen molar-refractivity contribution in [2.75, 3.05) is 6.61 Å². The first-order valence-electron chi connectivity index (χ1n) is 6.83. The molecular weight excluding hydrogens is 314 g/mol.